The Labute approximate surface area is 264 Å². The number of β-amino-alcohol motifs (C(OH)–C–C–N with tert-alkyl or cyclic N) is 1. The predicted molar refractivity (Wildman–Crippen MR) is 175 cm³/mol. The number of fused-ring (bicyclic) bond motifs is 1. The molecule has 1 saturated heterocycles. The first-order chi connectivity index (χ1) is 21.1. The highest BCUT2D eigenvalue weighted by Crippen LogP contribution is 2.39. The minimum Gasteiger partial charge on any atom is -0.434 e. The molecule has 0 spiro atoms. The van der Waals surface area contributed by atoms with E-state index in [2.05, 4.69) is 16.8 Å². The number of aryl methyl sites for hydroxylation is 1. The third-order valence-electron chi connectivity index (χ3n) is 7.94. The standard InChI is InChI=1S/C34H30Cl2N4O4/c1-4-20-13-26(34(43)39(3)16-20)32(42)37-28-10-6-9-25(30(28)36)23-7-5-8-24(19(23)2)33-38-29-15-21(14-27(35)31(29)44-33)17-40-12-11-22(41)18-40/h4-10,13-16,22,41H,1,11-12,17-18H2,2-3H3,(H,37,42)/t22-/m1/s1. The van der Waals surface area contributed by atoms with Gasteiger partial charge in [0.15, 0.2) is 5.58 Å². The summed E-state index contributed by atoms with van der Waals surface area (Å²) in [6.07, 6.45) is 3.66. The van der Waals surface area contributed by atoms with Gasteiger partial charge in [-0.2, -0.15) is 0 Å². The Morgan fingerprint density at radius 1 is 1.16 bits per heavy atom. The minimum absolute atomic E-state index is 0.0136. The minimum atomic E-state index is -0.567. The summed E-state index contributed by atoms with van der Waals surface area (Å²) in [6, 6.07) is 16.5. The molecule has 1 amide bonds. The van der Waals surface area contributed by atoms with E-state index < -0.39 is 11.5 Å². The van der Waals surface area contributed by atoms with Gasteiger partial charge in [-0.25, -0.2) is 4.98 Å². The third kappa shape index (κ3) is 5.69. The van der Waals surface area contributed by atoms with Gasteiger partial charge in [-0.05, 0) is 65.9 Å². The fourth-order valence-electron chi connectivity index (χ4n) is 5.66. The maximum absolute atomic E-state index is 13.1. The van der Waals surface area contributed by atoms with Gasteiger partial charge in [0, 0.05) is 44.0 Å². The number of hydrogen-bond donors (Lipinski definition) is 2. The van der Waals surface area contributed by atoms with Crippen LogP contribution in [0, 0.1) is 6.92 Å². The lowest BCUT2D eigenvalue weighted by Crippen LogP contribution is -2.27. The SMILES string of the molecule is C=Cc1cc(C(=O)Nc2cccc(-c3cccc(-c4nc5cc(CN6CC[C@@H](O)C6)cc(Cl)c5o4)c3C)c2Cl)c(=O)n(C)c1. The smallest absolute Gasteiger partial charge is 0.263 e. The molecule has 0 unspecified atom stereocenters. The van der Waals surface area contributed by atoms with Crippen molar-refractivity contribution in [2.45, 2.75) is 26.0 Å². The van der Waals surface area contributed by atoms with Crippen molar-refractivity contribution in [2.75, 3.05) is 18.4 Å². The molecule has 5 aromatic rings. The number of hydrogen-bond acceptors (Lipinski definition) is 6. The van der Waals surface area contributed by atoms with Crippen LogP contribution in [0.25, 0.3) is 39.8 Å². The van der Waals surface area contributed by atoms with Gasteiger partial charge in [0.25, 0.3) is 11.5 Å². The summed E-state index contributed by atoms with van der Waals surface area (Å²) in [6.45, 7) is 7.83. The Balaban J connectivity index is 1.32. The van der Waals surface area contributed by atoms with Crippen LogP contribution < -0.4 is 10.9 Å². The molecule has 2 N–H and O–H groups in total. The molecule has 3 aromatic carbocycles. The molecule has 8 nitrogen and oxygen atoms in total. The van der Waals surface area contributed by atoms with Crippen LogP contribution in [0.1, 0.15) is 33.5 Å². The Morgan fingerprint density at radius 2 is 1.91 bits per heavy atom. The highest BCUT2D eigenvalue weighted by atomic mass is 35.5. The van der Waals surface area contributed by atoms with Gasteiger partial charge in [0.1, 0.15) is 11.1 Å². The fourth-order valence-corrected chi connectivity index (χ4v) is 6.22. The summed E-state index contributed by atoms with van der Waals surface area (Å²) in [7, 11) is 1.58. The number of amides is 1. The second-order valence-corrected chi connectivity index (χ2v) is 11.8. The first kappa shape index (κ1) is 29.8. The molecule has 1 atom stereocenters. The predicted octanol–water partition coefficient (Wildman–Crippen LogP) is 6.94. The van der Waals surface area contributed by atoms with Crippen LogP contribution in [0.2, 0.25) is 10.0 Å². The zero-order valence-electron chi connectivity index (χ0n) is 24.2. The average molecular weight is 630 g/mol. The number of rotatable bonds is 7. The molecule has 0 saturated carbocycles. The van der Waals surface area contributed by atoms with E-state index in [4.69, 9.17) is 32.6 Å². The molecule has 6 rings (SSSR count). The van der Waals surface area contributed by atoms with Gasteiger partial charge >= 0.3 is 0 Å². The molecule has 1 aliphatic rings. The van der Waals surface area contributed by atoms with Crippen LogP contribution in [-0.2, 0) is 13.6 Å². The van der Waals surface area contributed by atoms with Gasteiger partial charge in [-0.15, -0.1) is 0 Å². The molecule has 3 heterocycles. The van der Waals surface area contributed by atoms with E-state index in [1.165, 1.54) is 10.6 Å². The van der Waals surface area contributed by atoms with E-state index >= 15 is 0 Å². The zero-order chi connectivity index (χ0) is 31.1. The Kier molecular flexibility index (Phi) is 8.18. The number of carbonyl (C=O) groups excluding carboxylic acids is 1. The first-order valence-corrected chi connectivity index (χ1v) is 14.9. The van der Waals surface area contributed by atoms with E-state index in [1.54, 1.807) is 31.5 Å². The van der Waals surface area contributed by atoms with Gasteiger partial charge in [-0.3, -0.25) is 14.5 Å². The monoisotopic (exact) mass is 628 g/mol. The Bertz CT molecular complexity index is 2000. The lowest BCUT2D eigenvalue weighted by atomic mass is 9.96. The molecule has 1 aliphatic heterocycles. The van der Waals surface area contributed by atoms with Crippen molar-refractivity contribution in [2.24, 2.45) is 7.05 Å². The highest BCUT2D eigenvalue weighted by Gasteiger charge is 2.22. The van der Waals surface area contributed by atoms with Gasteiger partial charge in [0.05, 0.1) is 21.8 Å². The van der Waals surface area contributed by atoms with E-state index in [1.807, 2.05) is 43.3 Å². The molecular formula is C34H30Cl2N4O4. The number of aromatic nitrogens is 2. The molecule has 10 heteroatoms. The number of likely N-dealkylation sites (tertiary alicyclic amines) is 1. The van der Waals surface area contributed by atoms with Crippen LogP contribution in [0.5, 0.6) is 0 Å². The number of oxazole rings is 1. The molecule has 0 radical (unpaired) electrons. The fraction of sp³-hybridized carbons (Fsp3) is 0.206. The van der Waals surface area contributed by atoms with Crippen molar-refractivity contribution in [3.05, 3.63) is 110 Å². The molecule has 224 valence electrons. The van der Waals surface area contributed by atoms with Crippen LogP contribution in [-0.4, -0.2) is 44.7 Å². The summed E-state index contributed by atoms with van der Waals surface area (Å²) in [5, 5.41) is 13.5. The molecule has 2 aromatic heterocycles. The van der Waals surface area contributed by atoms with Crippen molar-refractivity contribution in [3.8, 4) is 22.6 Å². The number of halogens is 2. The number of aliphatic hydroxyl groups is 1. The van der Waals surface area contributed by atoms with E-state index in [9.17, 15) is 14.7 Å². The molecule has 1 fully saturated rings. The lowest BCUT2D eigenvalue weighted by Gasteiger charge is -2.14. The maximum Gasteiger partial charge on any atom is 0.263 e. The van der Waals surface area contributed by atoms with Crippen LogP contribution >= 0.6 is 23.2 Å². The Hall–Kier alpha value is -4.21. The van der Waals surface area contributed by atoms with Crippen molar-refractivity contribution in [3.63, 3.8) is 0 Å². The van der Waals surface area contributed by atoms with Crippen LogP contribution in [0.4, 0.5) is 5.69 Å². The number of anilines is 1. The zero-order valence-corrected chi connectivity index (χ0v) is 25.7. The Morgan fingerprint density at radius 3 is 2.66 bits per heavy atom. The number of nitrogens with one attached hydrogen (secondary N) is 1. The molecule has 44 heavy (non-hydrogen) atoms. The molecular weight excluding hydrogens is 599 g/mol. The van der Waals surface area contributed by atoms with Crippen molar-refractivity contribution >= 4 is 52.0 Å². The average Bonchev–Trinajstić information content (AvgIpc) is 3.61. The van der Waals surface area contributed by atoms with Gasteiger partial charge in [-0.1, -0.05) is 60.1 Å². The molecule has 0 aliphatic carbocycles. The van der Waals surface area contributed by atoms with Crippen LogP contribution in [0.15, 0.2) is 76.6 Å². The normalized spacial score (nSPS) is 15.2. The number of benzene rings is 3. The van der Waals surface area contributed by atoms with Crippen molar-refractivity contribution in [1.29, 1.82) is 0 Å². The maximum atomic E-state index is 13.1. The molecule has 0 bridgehead atoms. The summed E-state index contributed by atoms with van der Waals surface area (Å²) >= 11 is 13.5. The number of pyridine rings is 1. The van der Waals surface area contributed by atoms with E-state index in [0.717, 1.165) is 35.2 Å². The summed E-state index contributed by atoms with van der Waals surface area (Å²) < 4.78 is 7.51. The van der Waals surface area contributed by atoms with Gasteiger partial charge in [0.2, 0.25) is 5.89 Å². The van der Waals surface area contributed by atoms with E-state index in [-0.39, 0.29) is 11.7 Å². The lowest BCUT2D eigenvalue weighted by molar-refractivity contribution is 0.102. The largest absolute Gasteiger partial charge is 0.434 e. The third-order valence-corrected chi connectivity index (χ3v) is 8.63. The number of aliphatic hydroxyl groups excluding tert-OH is 1. The van der Waals surface area contributed by atoms with Gasteiger partial charge < -0.3 is 19.4 Å². The topological polar surface area (TPSA) is 101 Å². The van der Waals surface area contributed by atoms with E-state index in [0.29, 0.717) is 56.9 Å². The van der Waals surface area contributed by atoms with Crippen molar-refractivity contribution in [1.82, 2.24) is 14.5 Å². The van der Waals surface area contributed by atoms with Crippen molar-refractivity contribution < 1.29 is 14.3 Å². The summed E-state index contributed by atoms with van der Waals surface area (Å²) in [5.41, 5.74) is 5.91. The second kappa shape index (κ2) is 12.1. The first-order valence-electron chi connectivity index (χ1n) is 14.2. The number of nitrogens with zero attached hydrogens (tertiary/aromatic N) is 3. The summed E-state index contributed by atoms with van der Waals surface area (Å²) in [4.78, 5) is 32.8. The highest BCUT2D eigenvalue weighted by molar-refractivity contribution is 6.36. The second-order valence-electron chi connectivity index (χ2n) is 11.0. The number of carbonyl (C=O) groups is 1. The van der Waals surface area contributed by atoms with Crippen LogP contribution in [0.3, 0.4) is 0 Å². The summed E-state index contributed by atoms with van der Waals surface area (Å²) in [5.74, 6) is -0.143. The quantitative estimate of drug-likeness (QED) is 0.202.